The number of hydrogen-bond donors (Lipinski definition) is 0. The van der Waals surface area contributed by atoms with Crippen LogP contribution in [-0.2, 0) is 22.6 Å². The molecule has 1 aromatic carbocycles. The number of fused-ring (bicyclic) bond motifs is 1. The van der Waals surface area contributed by atoms with Crippen molar-refractivity contribution in [3.05, 3.63) is 35.4 Å². The first-order chi connectivity index (χ1) is 10.9. The Balaban J connectivity index is 2.07. The highest BCUT2D eigenvalue weighted by molar-refractivity contribution is 6.34. The van der Waals surface area contributed by atoms with Gasteiger partial charge in [-0.25, -0.2) is 0 Å². The highest BCUT2D eigenvalue weighted by Gasteiger charge is 2.29. The van der Waals surface area contributed by atoms with Gasteiger partial charge in [-0.1, -0.05) is 52.0 Å². The third kappa shape index (κ3) is 4.57. The minimum absolute atomic E-state index is 0.354. The van der Waals surface area contributed by atoms with Gasteiger partial charge >= 0.3 is 11.8 Å². The lowest BCUT2D eigenvalue weighted by atomic mass is 10.00. The second-order valence-electron chi connectivity index (χ2n) is 7.24. The lowest BCUT2D eigenvalue weighted by Crippen LogP contribution is -2.48. The summed E-state index contributed by atoms with van der Waals surface area (Å²) in [6.45, 7) is 10.7. The van der Waals surface area contributed by atoms with Crippen LogP contribution in [0.3, 0.4) is 0 Å². The SMILES string of the molecule is CC(C)CN(CC(C)C)C(=O)C(=O)N1CCc2ccccc2C1. The van der Waals surface area contributed by atoms with Gasteiger partial charge in [-0.2, -0.15) is 0 Å². The maximum atomic E-state index is 12.7. The van der Waals surface area contributed by atoms with E-state index in [9.17, 15) is 9.59 Å². The lowest BCUT2D eigenvalue weighted by Gasteiger charge is -2.32. The monoisotopic (exact) mass is 316 g/mol. The fraction of sp³-hybridized carbons (Fsp3) is 0.579. The van der Waals surface area contributed by atoms with Gasteiger partial charge < -0.3 is 9.80 Å². The van der Waals surface area contributed by atoms with E-state index in [1.807, 2.05) is 18.2 Å². The lowest BCUT2D eigenvalue weighted by molar-refractivity contribution is -0.153. The Morgan fingerprint density at radius 3 is 2.17 bits per heavy atom. The molecule has 0 aromatic heterocycles. The fourth-order valence-electron chi connectivity index (χ4n) is 3.06. The van der Waals surface area contributed by atoms with Crippen molar-refractivity contribution in [2.24, 2.45) is 11.8 Å². The van der Waals surface area contributed by atoms with E-state index in [0.29, 0.717) is 38.0 Å². The van der Waals surface area contributed by atoms with Crippen LogP contribution >= 0.6 is 0 Å². The fourth-order valence-corrected chi connectivity index (χ4v) is 3.06. The Bertz CT molecular complexity index is 556. The molecule has 0 saturated heterocycles. The molecule has 4 heteroatoms. The minimum Gasteiger partial charge on any atom is -0.334 e. The molecule has 0 saturated carbocycles. The summed E-state index contributed by atoms with van der Waals surface area (Å²) in [6.07, 6.45) is 0.823. The molecule has 0 spiro atoms. The van der Waals surface area contributed by atoms with E-state index in [4.69, 9.17) is 0 Å². The van der Waals surface area contributed by atoms with E-state index < -0.39 is 0 Å². The van der Waals surface area contributed by atoms with Crippen molar-refractivity contribution in [2.75, 3.05) is 19.6 Å². The number of carbonyl (C=O) groups excluding carboxylic acids is 2. The summed E-state index contributed by atoms with van der Waals surface area (Å²) >= 11 is 0. The molecule has 0 N–H and O–H groups in total. The molecular weight excluding hydrogens is 288 g/mol. The van der Waals surface area contributed by atoms with Crippen molar-refractivity contribution in [3.63, 3.8) is 0 Å². The van der Waals surface area contributed by atoms with Crippen molar-refractivity contribution >= 4 is 11.8 Å². The van der Waals surface area contributed by atoms with Gasteiger partial charge in [0.25, 0.3) is 0 Å². The molecule has 1 aromatic rings. The smallest absolute Gasteiger partial charge is 0.312 e. The molecule has 23 heavy (non-hydrogen) atoms. The van der Waals surface area contributed by atoms with Crippen LogP contribution in [0.1, 0.15) is 38.8 Å². The van der Waals surface area contributed by atoms with Gasteiger partial charge in [0.05, 0.1) is 0 Å². The molecular formula is C19H28N2O2. The summed E-state index contributed by atoms with van der Waals surface area (Å²) in [5, 5.41) is 0. The van der Waals surface area contributed by atoms with Crippen LogP contribution in [0, 0.1) is 11.8 Å². The van der Waals surface area contributed by atoms with Crippen molar-refractivity contribution < 1.29 is 9.59 Å². The Kier molecular flexibility index (Phi) is 5.80. The van der Waals surface area contributed by atoms with E-state index in [2.05, 4.69) is 33.8 Å². The van der Waals surface area contributed by atoms with Crippen LogP contribution in [0.25, 0.3) is 0 Å². The molecule has 0 atom stereocenters. The molecule has 0 aliphatic carbocycles. The van der Waals surface area contributed by atoms with Crippen molar-refractivity contribution in [3.8, 4) is 0 Å². The summed E-state index contributed by atoms with van der Waals surface area (Å²) in [6, 6.07) is 8.15. The number of benzene rings is 1. The molecule has 1 aliphatic heterocycles. The summed E-state index contributed by atoms with van der Waals surface area (Å²) in [5.74, 6) is -0.00671. The van der Waals surface area contributed by atoms with Gasteiger partial charge in [0.15, 0.2) is 0 Å². The van der Waals surface area contributed by atoms with Crippen LogP contribution in [0.2, 0.25) is 0 Å². The Labute approximate surface area is 139 Å². The van der Waals surface area contributed by atoms with Crippen LogP contribution < -0.4 is 0 Å². The summed E-state index contributed by atoms with van der Waals surface area (Å²) < 4.78 is 0. The first kappa shape index (κ1) is 17.5. The quantitative estimate of drug-likeness (QED) is 0.801. The van der Waals surface area contributed by atoms with Gasteiger partial charge in [0, 0.05) is 26.2 Å². The van der Waals surface area contributed by atoms with Gasteiger partial charge in [-0.05, 0) is 29.4 Å². The molecule has 1 aliphatic rings. The largest absolute Gasteiger partial charge is 0.334 e. The Morgan fingerprint density at radius 1 is 1.04 bits per heavy atom. The maximum absolute atomic E-state index is 12.7. The molecule has 0 unspecified atom stereocenters. The van der Waals surface area contributed by atoms with Crippen LogP contribution in [0.4, 0.5) is 0 Å². The Hall–Kier alpha value is -1.84. The van der Waals surface area contributed by atoms with Crippen molar-refractivity contribution in [1.29, 1.82) is 0 Å². The first-order valence-electron chi connectivity index (χ1n) is 8.53. The molecule has 2 amide bonds. The van der Waals surface area contributed by atoms with Crippen molar-refractivity contribution in [1.82, 2.24) is 9.80 Å². The molecule has 0 bridgehead atoms. The van der Waals surface area contributed by atoms with Crippen LogP contribution in [-0.4, -0.2) is 41.2 Å². The van der Waals surface area contributed by atoms with Crippen LogP contribution in [0.5, 0.6) is 0 Å². The zero-order valence-electron chi connectivity index (χ0n) is 14.7. The predicted octanol–water partition coefficient (Wildman–Crippen LogP) is 2.71. The molecule has 126 valence electrons. The number of amides is 2. The molecule has 4 nitrogen and oxygen atoms in total. The molecule has 2 rings (SSSR count). The highest BCUT2D eigenvalue weighted by atomic mass is 16.2. The maximum Gasteiger partial charge on any atom is 0.312 e. The highest BCUT2D eigenvalue weighted by Crippen LogP contribution is 2.19. The Morgan fingerprint density at radius 2 is 1.61 bits per heavy atom. The third-order valence-electron chi connectivity index (χ3n) is 4.06. The van der Waals surface area contributed by atoms with Crippen molar-refractivity contribution in [2.45, 2.75) is 40.7 Å². The number of hydrogen-bond acceptors (Lipinski definition) is 2. The second-order valence-corrected chi connectivity index (χ2v) is 7.24. The standard InChI is InChI=1S/C19H28N2O2/c1-14(2)11-21(12-15(3)4)19(23)18(22)20-10-9-16-7-5-6-8-17(16)13-20/h5-8,14-15H,9-13H2,1-4H3. The van der Waals surface area contributed by atoms with Gasteiger partial charge in [-0.3, -0.25) is 9.59 Å². The first-order valence-corrected chi connectivity index (χ1v) is 8.53. The number of carbonyl (C=O) groups is 2. The average Bonchev–Trinajstić information content (AvgIpc) is 2.51. The van der Waals surface area contributed by atoms with E-state index >= 15 is 0 Å². The van der Waals surface area contributed by atoms with E-state index in [0.717, 1.165) is 12.0 Å². The minimum atomic E-state index is -0.360. The van der Waals surface area contributed by atoms with E-state index in [-0.39, 0.29) is 11.8 Å². The van der Waals surface area contributed by atoms with Gasteiger partial charge in [0.2, 0.25) is 0 Å². The number of nitrogens with zero attached hydrogens (tertiary/aromatic N) is 2. The molecule has 1 heterocycles. The van der Waals surface area contributed by atoms with E-state index in [1.165, 1.54) is 5.56 Å². The molecule has 0 radical (unpaired) electrons. The zero-order chi connectivity index (χ0) is 17.0. The average molecular weight is 316 g/mol. The third-order valence-corrected chi connectivity index (χ3v) is 4.06. The summed E-state index contributed by atoms with van der Waals surface area (Å²) in [7, 11) is 0. The topological polar surface area (TPSA) is 40.6 Å². The predicted molar refractivity (Wildman–Crippen MR) is 91.8 cm³/mol. The normalized spacial score (nSPS) is 14.1. The summed E-state index contributed by atoms with van der Waals surface area (Å²) in [5.41, 5.74) is 2.43. The van der Waals surface area contributed by atoms with Gasteiger partial charge in [0.1, 0.15) is 0 Å². The second kappa shape index (κ2) is 7.62. The van der Waals surface area contributed by atoms with E-state index in [1.54, 1.807) is 9.80 Å². The van der Waals surface area contributed by atoms with Gasteiger partial charge in [-0.15, -0.1) is 0 Å². The summed E-state index contributed by atoms with van der Waals surface area (Å²) in [4.78, 5) is 28.7. The molecule has 0 fully saturated rings. The van der Waals surface area contributed by atoms with Crippen LogP contribution in [0.15, 0.2) is 24.3 Å². The number of rotatable bonds is 4. The zero-order valence-corrected chi connectivity index (χ0v) is 14.7.